The van der Waals surface area contributed by atoms with Crippen molar-refractivity contribution in [1.29, 1.82) is 0 Å². The second-order valence-electron chi connectivity index (χ2n) is 6.96. The first kappa shape index (κ1) is 21.7. The topological polar surface area (TPSA) is 68.6 Å². The van der Waals surface area contributed by atoms with E-state index in [1.165, 1.54) is 7.11 Å². The van der Waals surface area contributed by atoms with Gasteiger partial charge in [0.05, 0.1) is 13.2 Å². The van der Waals surface area contributed by atoms with E-state index in [1.54, 1.807) is 43.4 Å². The maximum Gasteiger partial charge on any atom is 0.354 e. The van der Waals surface area contributed by atoms with E-state index in [-0.39, 0.29) is 17.6 Å². The van der Waals surface area contributed by atoms with Gasteiger partial charge in [0.2, 0.25) is 5.91 Å². The van der Waals surface area contributed by atoms with Crippen molar-refractivity contribution < 1.29 is 19.1 Å². The van der Waals surface area contributed by atoms with Gasteiger partial charge in [0.15, 0.2) is 5.78 Å². The van der Waals surface area contributed by atoms with Gasteiger partial charge in [-0.1, -0.05) is 19.9 Å². The predicted molar refractivity (Wildman–Crippen MR) is 101 cm³/mol. The van der Waals surface area contributed by atoms with Gasteiger partial charge in [-0.15, -0.1) is 6.58 Å². The van der Waals surface area contributed by atoms with E-state index >= 15 is 0 Å². The number of esters is 1. The number of carbonyl (C=O) groups excluding carboxylic acids is 3. The van der Waals surface area contributed by atoms with Crippen LogP contribution in [0.2, 0.25) is 0 Å². The van der Waals surface area contributed by atoms with Crippen LogP contribution in [-0.2, 0) is 16.6 Å². The maximum absolute atomic E-state index is 13.2. The molecule has 0 saturated heterocycles. The van der Waals surface area contributed by atoms with E-state index in [0.717, 1.165) is 0 Å². The Morgan fingerprint density at radius 3 is 2.27 bits per heavy atom. The number of Topliss-reactive ketones (excluding diaryl/α,β-unsaturated/α-hetero) is 1. The number of ketones is 1. The van der Waals surface area contributed by atoms with Crippen LogP contribution in [0.4, 0.5) is 0 Å². The Morgan fingerprint density at radius 1 is 1.23 bits per heavy atom. The summed E-state index contributed by atoms with van der Waals surface area (Å²) in [5.41, 5.74) is 2.06. The smallest absolute Gasteiger partial charge is 0.354 e. The number of aromatic nitrogens is 1. The molecule has 0 fully saturated rings. The molecule has 1 aromatic heterocycles. The van der Waals surface area contributed by atoms with Gasteiger partial charge < -0.3 is 14.2 Å². The fourth-order valence-electron chi connectivity index (χ4n) is 3.16. The van der Waals surface area contributed by atoms with Crippen LogP contribution < -0.4 is 0 Å². The SMILES string of the molecule is C=CCN(C(=O)CC(C)C)C(C)C(=O)c1c(C)c(C(=O)OC)n(C)c1C. The van der Waals surface area contributed by atoms with Crippen molar-refractivity contribution in [3.63, 3.8) is 0 Å². The van der Waals surface area contributed by atoms with Gasteiger partial charge in [-0.2, -0.15) is 0 Å². The van der Waals surface area contributed by atoms with Gasteiger partial charge in [-0.05, 0) is 32.3 Å². The standard InChI is InChI=1S/C20H30N2O4/c1-9-10-22(16(23)11-12(2)3)15(6)19(24)17-13(4)18(20(25)26-8)21(7)14(17)5/h9,12,15H,1,10-11H2,2-8H3. The van der Waals surface area contributed by atoms with Crippen molar-refractivity contribution in [2.24, 2.45) is 13.0 Å². The minimum absolute atomic E-state index is 0.0832. The first-order valence-corrected chi connectivity index (χ1v) is 8.77. The van der Waals surface area contributed by atoms with Crippen LogP contribution in [0.1, 0.15) is 59.3 Å². The highest BCUT2D eigenvalue weighted by atomic mass is 16.5. The molecule has 1 rings (SSSR count). The Hall–Kier alpha value is -2.37. The molecule has 0 aliphatic rings. The Morgan fingerprint density at radius 2 is 1.81 bits per heavy atom. The average Bonchev–Trinajstić information content (AvgIpc) is 2.79. The number of hydrogen-bond donors (Lipinski definition) is 0. The van der Waals surface area contributed by atoms with E-state index in [1.807, 2.05) is 13.8 Å². The predicted octanol–water partition coefficient (Wildman–Crippen LogP) is 3.06. The van der Waals surface area contributed by atoms with E-state index in [4.69, 9.17) is 4.74 Å². The second-order valence-corrected chi connectivity index (χ2v) is 6.96. The van der Waals surface area contributed by atoms with Crippen LogP contribution in [0.5, 0.6) is 0 Å². The van der Waals surface area contributed by atoms with Crippen molar-refractivity contribution in [1.82, 2.24) is 9.47 Å². The second kappa shape index (κ2) is 8.83. The van der Waals surface area contributed by atoms with Crippen LogP contribution in [0.25, 0.3) is 0 Å². The number of carbonyl (C=O) groups is 3. The van der Waals surface area contributed by atoms with E-state index < -0.39 is 12.0 Å². The van der Waals surface area contributed by atoms with Crippen molar-refractivity contribution in [2.75, 3.05) is 13.7 Å². The van der Waals surface area contributed by atoms with Crippen molar-refractivity contribution >= 4 is 17.7 Å². The van der Waals surface area contributed by atoms with Crippen molar-refractivity contribution in [2.45, 2.75) is 47.1 Å². The molecule has 6 nitrogen and oxygen atoms in total. The number of methoxy groups -OCH3 is 1. The molecule has 0 N–H and O–H groups in total. The van der Waals surface area contributed by atoms with Crippen LogP contribution in [0.3, 0.4) is 0 Å². The zero-order valence-electron chi connectivity index (χ0n) is 16.9. The Kier molecular flexibility index (Phi) is 7.36. The van der Waals surface area contributed by atoms with Crippen molar-refractivity contribution in [3.05, 3.63) is 35.2 Å². The van der Waals surface area contributed by atoms with Gasteiger partial charge in [-0.3, -0.25) is 9.59 Å². The summed E-state index contributed by atoms with van der Waals surface area (Å²) in [6.07, 6.45) is 1.98. The third kappa shape index (κ3) is 4.23. The lowest BCUT2D eigenvalue weighted by molar-refractivity contribution is -0.132. The minimum atomic E-state index is -0.649. The quantitative estimate of drug-likeness (QED) is 0.405. The van der Waals surface area contributed by atoms with Crippen LogP contribution in [-0.4, -0.2) is 46.8 Å². The lowest BCUT2D eigenvalue weighted by Crippen LogP contribution is -2.44. The normalized spacial score (nSPS) is 12.0. The molecule has 1 aromatic rings. The van der Waals surface area contributed by atoms with E-state index in [2.05, 4.69) is 6.58 Å². The third-order valence-electron chi connectivity index (χ3n) is 4.63. The molecule has 0 aliphatic heterocycles. The molecule has 6 heteroatoms. The molecule has 1 heterocycles. The highest BCUT2D eigenvalue weighted by molar-refractivity contribution is 6.06. The highest BCUT2D eigenvalue weighted by Crippen LogP contribution is 2.25. The number of amides is 1. The molecule has 0 spiro atoms. The molecular weight excluding hydrogens is 332 g/mol. The van der Waals surface area contributed by atoms with Gasteiger partial charge in [0.25, 0.3) is 0 Å². The molecule has 1 unspecified atom stereocenters. The molecule has 1 amide bonds. The molecule has 0 bridgehead atoms. The average molecular weight is 362 g/mol. The molecule has 0 radical (unpaired) electrons. The zero-order valence-corrected chi connectivity index (χ0v) is 16.9. The first-order valence-electron chi connectivity index (χ1n) is 8.77. The molecule has 26 heavy (non-hydrogen) atoms. The number of ether oxygens (including phenoxy) is 1. The number of hydrogen-bond acceptors (Lipinski definition) is 4. The molecule has 0 aliphatic carbocycles. The zero-order chi connectivity index (χ0) is 20.2. The Balaban J connectivity index is 3.31. The van der Waals surface area contributed by atoms with E-state index in [0.29, 0.717) is 35.5 Å². The Labute approximate surface area is 155 Å². The Bertz CT molecular complexity index is 716. The minimum Gasteiger partial charge on any atom is -0.464 e. The summed E-state index contributed by atoms with van der Waals surface area (Å²) in [7, 11) is 3.03. The highest BCUT2D eigenvalue weighted by Gasteiger charge is 2.32. The first-order chi connectivity index (χ1) is 12.1. The summed E-state index contributed by atoms with van der Waals surface area (Å²) in [5.74, 6) is -0.563. The summed E-state index contributed by atoms with van der Waals surface area (Å²) < 4.78 is 6.49. The fraction of sp³-hybridized carbons (Fsp3) is 0.550. The molecule has 0 aromatic carbocycles. The lowest BCUT2D eigenvalue weighted by atomic mass is 9.99. The summed E-state index contributed by atoms with van der Waals surface area (Å²) in [5, 5.41) is 0. The van der Waals surface area contributed by atoms with Gasteiger partial charge in [-0.25, -0.2) is 4.79 Å². The van der Waals surface area contributed by atoms with E-state index in [9.17, 15) is 14.4 Å². The van der Waals surface area contributed by atoms with Crippen LogP contribution in [0, 0.1) is 19.8 Å². The third-order valence-corrected chi connectivity index (χ3v) is 4.63. The van der Waals surface area contributed by atoms with Gasteiger partial charge >= 0.3 is 5.97 Å². The molecule has 1 atom stereocenters. The summed E-state index contributed by atoms with van der Waals surface area (Å²) >= 11 is 0. The largest absolute Gasteiger partial charge is 0.464 e. The summed E-state index contributed by atoms with van der Waals surface area (Å²) in [6, 6.07) is -0.649. The number of rotatable bonds is 8. The molecule has 144 valence electrons. The lowest BCUT2D eigenvalue weighted by Gasteiger charge is -2.28. The van der Waals surface area contributed by atoms with Crippen molar-refractivity contribution in [3.8, 4) is 0 Å². The summed E-state index contributed by atoms with van der Waals surface area (Å²) in [6.45, 7) is 13.1. The van der Waals surface area contributed by atoms with Crippen LogP contribution >= 0.6 is 0 Å². The van der Waals surface area contributed by atoms with Crippen LogP contribution in [0.15, 0.2) is 12.7 Å². The fourth-order valence-corrected chi connectivity index (χ4v) is 3.16. The van der Waals surface area contributed by atoms with Gasteiger partial charge in [0.1, 0.15) is 5.69 Å². The maximum atomic E-state index is 13.2. The molecular formula is C20H30N2O4. The summed E-state index contributed by atoms with van der Waals surface area (Å²) in [4.78, 5) is 39.3. The molecule has 0 saturated carbocycles. The number of nitrogens with zero attached hydrogens (tertiary/aromatic N) is 2. The monoisotopic (exact) mass is 362 g/mol. The van der Waals surface area contributed by atoms with Gasteiger partial charge in [0, 0.05) is 31.3 Å².